The van der Waals surface area contributed by atoms with Crippen molar-refractivity contribution in [1.29, 1.82) is 0 Å². The van der Waals surface area contributed by atoms with Crippen LogP contribution in [-0.4, -0.2) is 61.2 Å². The molecule has 0 amide bonds. The zero-order chi connectivity index (χ0) is 16.1. The maximum atomic E-state index is 12.3. The molecule has 0 radical (unpaired) electrons. The van der Waals surface area contributed by atoms with Gasteiger partial charge in [0.05, 0.1) is 29.9 Å². The van der Waals surface area contributed by atoms with Crippen LogP contribution in [0.4, 0.5) is 0 Å². The van der Waals surface area contributed by atoms with E-state index in [0.29, 0.717) is 24.6 Å². The van der Waals surface area contributed by atoms with E-state index in [2.05, 4.69) is 10.00 Å². The lowest BCUT2D eigenvalue weighted by Crippen LogP contribution is -2.45. The molecule has 3 rings (SSSR count). The molecule has 1 saturated heterocycles. The minimum Gasteiger partial charge on any atom is -0.374 e. The SMILES string of the molecule is O=S(=O)(CCN1CCO[C@H](Cn2cccn2)C1)c1ccccc1. The molecule has 1 fully saturated rings. The van der Waals surface area contributed by atoms with E-state index in [-0.39, 0.29) is 11.9 Å². The van der Waals surface area contributed by atoms with E-state index in [4.69, 9.17) is 4.74 Å². The molecule has 23 heavy (non-hydrogen) atoms. The lowest BCUT2D eigenvalue weighted by molar-refractivity contribution is -0.0355. The van der Waals surface area contributed by atoms with Crippen molar-refractivity contribution in [2.45, 2.75) is 17.5 Å². The van der Waals surface area contributed by atoms with E-state index in [0.717, 1.165) is 13.1 Å². The van der Waals surface area contributed by atoms with Gasteiger partial charge < -0.3 is 4.74 Å². The molecule has 0 N–H and O–H groups in total. The van der Waals surface area contributed by atoms with Crippen molar-refractivity contribution in [2.24, 2.45) is 0 Å². The van der Waals surface area contributed by atoms with Gasteiger partial charge in [0.2, 0.25) is 0 Å². The third kappa shape index (κ3) is 4.40. The summed E-state index contributed by atoms with van der Waals surface area (Å²) in [6.45, 7) is 3.33. The van der Waals surface area contributed by atoms with Crippen molar-refractivity contribution in [3.8, 4) is 0 Å². The van der Waals surface area contributed by atoms with Gasteiger partial charge >= 0.3 is 0 Å². The number of aromatic nitrogens is 2. The third-order valence-corrected chi connectivity index (χ3v) is 5.66. The van der Waals surface area contributed by atoms with E-state index in [1.807, 2.05) is 23.0 Å². The highest BCUT2D eigenvalue weighted by atomic mass is 32.2. The zero-order valence-corrected chi connectivity index (χ0v) is 13.7. The van der Waals surface area contributed by atoms with Crippen LogP contribution in [-0.2, 0) is 21.1 Å². The lowest BCUT2D eigenvalue weighted by atomic mass is 10.2. The van der Waals surface area contributed by atoms with Gasteiger partial charge in [0.1, 0.15) is 0 Å². The Morgan fingerprint density at radius 1 is 1.22 bits per heavy atom. The van der Waals surface area contributed by atoms with E-state index in [1.165, 1.54) is 0 Å². The fraction of sp³-hybridized carbons (Fsp3) is 0.438. The Labute approximate surface area is 136 Å². The van der Waals surface area contributed by atoms with E-state index in [9.17, 15) is 8.42 Å². The molecule has 0 bridgehead atoms. The summed E-state index contributed by atoms with van der Waals surface area (Å²) >= 11 is 0. The molecule has 1 atom stereocenters. The minimum atomic E-state index is -3.23. The third-order valence-electron chi connectivity index (χ3n) is 3.95. The molecule has 124 valence electrons. The second-order valence-corrected chi connectivity index (χ2v) is 7.76. The summed E-state index contributed by atoms with van der Waals surface area (Å²) in [6, 6.07) is 10.5. The summed E-state index contributed by atoms with van der Waals surface area (Å²) in [6.07, 6.45) is 3.69. The van der Waals surface area contributed by atoms with Gasteiger partial charge in [-0.05, 0) is 18.2 Å². The van der Waals surface area contributed by atoms with E-state index < -0.39 is 9.84 Å². The molecule has 0 saturated carbocycles. The number of sulfone groups is 1. The molecule has 1 aromatic carbocycles. The van der Waals surface area contributed by atoms with E-state index >= 15 is 0 Å². The molecule has 1 aromatic heterocycles. The number of nitrogens with zero attached hydrogens (tertiary/aromatic N) is 3. The highest BCUT2D eigenvalue weighted by Crippen LogP contribution is 2.12. The van der Waals surface area contributed by atoms with Gasteiger partial charge in [-0.1, -0.05) is 18.2 Å². The maximum Gasteiger partial charge on any atom is 0.179 e. The van der Waals surface area contributed by atoms with Crippen LogP contribution < -0.4 is 0 Å². The molecule has 0 unspecified atom stereocenters. The second-order valence-electron chi connectivity index (χ2n) is 5.65. The summed E-state index contributed by atoms with van der Waals surface area (Å²) in [7, 11) is -3.23. The van der Waals surface area contributed by atoms with Crippen molar-refractivity contribution in [2.75, 3.05) is 32.0 Å². The molecule has 2 aromatic rings. The van der Waals surface area contributed by atoms with Crippen LogP contribution in [0.3, 0.4) is 0 Å². The van der Waals surface area contributed by atoms with Gasteiger partial charge in [-0.2, -0.15) is 5.10 Å². The van der Waals surface area contributed by atoms with Crippen LogP contribution in [0.1, 0.15) is 0 Å². The largest absolute Gasteiger partial charge is 0.374 e. The Bertz CT molecular complexity index is 701. The first-order valence-electron chi connectivity index (χ1n) is 7.73. The normalized spacial score (nSPS) is 19.7. The van der Waals surface area contributed by atoms with Crippen LogP contribution in [0.5, 0.6) is 0 Å². The standard InChI is InChI=1S/C16H21N3O3S/c20-23(21,16-5-2-1-3-6-16)12-10-18-9-11-22-15(13-18)14-19-8-4-7-17-19/h1-8,15H,9-14H2/t15-/m0/s1. The Morgan fingerprint density at radius 2 is 2.04 bits per heavy atom. The van der Waals surface area contributed by atoms with Crippen molar-refractivity contribution >= 4 is 9.84 Å². The molecule has 0 spiro atoms. The second kappa shape index (κ2) is 7.25. The van der Waals surface area contributed by atoms with Crippen molar-refractivity contribution in [1.82, 2.24) is 14.7 Å². The smallest absolute Gasteiger partial charge is 0.179 e. The van der Waals surface area contributed by atoms with Crippen molar-refractivity contribution in [3.63, 3.8) is 0 Å². The van der Waals surface area contributed by atoms with Crippen LogP contribution in [0.2, 0.25) is 0 Å². The molecular weight excluding hydrogens is 314 g/mol. The fourth-order valence-electron chi connectivity index (χ4n) is 2.71. The van der Waals surface area contributed by atoms with Gasteiger partial charge in [0.15, 0.2) is 9.84 Å². The Balaban J connectivity index is 1.54. The molecule has 2 heterocycles. The predicted octanol–water partition coefficient (Wildman–Crippen LogP) is 1.06. The quantitative estimate of drug-likeness (QED) is 0.790. The number of rotatable bonds is 6. The molecule has 1 aliphatic heterocycles. The first-order valence-corrected chi connectivity index (χ1v) is 9.38. The Kier molecular flexibility index (Phi) is 5.09. The van der Waals surface area contributed by atoms with Crippen LogP contribution >= 0.6 is 0 Å². The van der Waals surface area contributed by atoms with Crippen molar-refractivity contribution < 1.29 is 13.2 Å². The summed E-state index contributed by atoms with van der Waals surface area (Å²) in [5.41, 5.74) is 0. The fourth-order valence-corrected chi connectivity index (χ4v) is 4.01. The molecule has 6 nitrogen and oxygen atoms in total. The summed E-state index contributed by atoms with van der Waals surface area (Å²) in [5, 5.41) is 4.18. The zero-order valence-electron chi connectivity index (χ0n) is 12.9. The predicted molar refractivity (Wildman–Crippen MR) is 86.9 cm³/mol. The number of benzene rings is 1. The van der Waals surface area contributed by atoms with Gasteiger partial charge in [-0.3, -0.25) is 9.58 Å². The average molecular weight is 335 g/mol. The van der Waals surface area contributed by atoms with Crippen LogP contribution in [0.15, 0.2) is 53.7 Å². The molecule has 7 heteroatoms. The lowest BCUT2D eigenvalue weighted by Gasteiger charge is -2.32. The summed E-state index contributed by atoms with van der Waals surface area (Å²) in [5.74, 6) is 0.130. The van der Waals surface area contributed by atoms with E-state index in [1.54, 1.807) is 30.5 Å². The highest BCUT2D eigenvalue weighted by molar-refractivity contribution is 7.91. The van der Waals surface area contributed by atoms with Crippen LogP contribution in [0, 0.1) is 0 Å². The van der Waals surface area contributed by atoms with Gasteiger partial charge in [-0.15, -0.1) is 0 Å². The Hall–Kier alpha value is -1.70. The topological polar surface area (TPSA) is 64.4 Å². The molecular formula is C16H21N3O3S. The minimum absolute atomic E-state index is 0.0445. The van der Waals surface area contributed by atoms with Crippen LogP contribution in [0.25, 0.3) is 0 Å². The number of hydrogen-bond acceptors (Lipinski definition) is 5. The number of ether oxygens (including phenoxy) is 1. The molecule has 1 aliphatic rings. The number of morpholine rings is 1. The van der Waals surface area contributed by atoms with Crippen molar-refractivity contribution in [3.05, 3.63) is 48.8 Å². The highest BCUT2D eigenvalue weighted by Gasteiger charge is 2.23. The maximum absolute atomic E-state index is 12.3. The monoisotopic (exact) mass is 335 g/mol. The number of hydrogen-bond donors (Lipinski definition) is 0. The van der Waals surface area contributed by atoms with Gasteiger partial charge in [0, 0.05) is 32.0 Å². The Morgan fingerprint density at radius 3 is 2.78 bits per heavy atom. The first-order chi connectivity index (χ1) is 11.1. The summed E-state index contributed by atoms with van der Waals surface area (Å²) in [4.78, 5) is 2.54. The summed E-state index contributed by atoms with van der Waals surface area (Å²) < 4.78 is 32.3. The van der Waals surface area contributed by atoms with Gasteiger partial charge in [0.25, 0.3) is 0 Å². The average Bonchev–Trinajstić information content (AvgIpc) is 3.07. The van der Waals surface area contributed by atoms with Gasteiger partial charge in [-0.25, -0.2) is 8.42 Å². The molecule has 0 aliphatic carbocycles. The first kappa shape index (κ1) is 16.2.